The Hall–Kier alpha value is -0.477. The predicted octanol–water partition coefficient (Wildman–Crippen LogP) is -0.882. The van der Waals surface area contributed by atoms with Crippen LogP contribution < -0.4 is 5.73 Å². The van der Waals surface area contributed by atoms with Gasteiger partial charge in [0.25, 0.3) is 5.97 Å². The van der Waals surface area contributed by atoms with Gasteiger partial charge in [-0.2, -0.15) is 0 Å². The van der Waals surface area contributed by atoms with Gasteiger partial charge >= 0.3 is 5.97 Å². The summed E-state index contributed by atoms with van der Waals surface area (Å²) in [5.41, 5.74) is 4.57. The average Bonchev–Trinajstić information content (AvgIpc) is 1.65. The summed E-state index contributed by atoms with van der Waals surface area (Å²) in [5, 5.41) is 15.0. The first-order valence-corrected chi connectivity index (χ1v) is 2.12. The molecule has 4 N–H and O–H groups in total. The third-order valence-corrected chi connectivity index (χ3v) is 0.175. The van der Waals surface area contributed by atoms with Crippen LogP contribution in [-0.4, -0.2) is 28.7 Å². The molecule has 0 aromatic rings. The van der Waals surface area contributed by atoms with Crippen LogP contribution in [0, 0.1) is 0 Å². The van der Waals surface area contributed by atoms with Crippen LogP contribution in [0.5, 0.6) is 0 Å². The third-order valence-electron chi connectivity index (χ3n) is 0.175. The molecule has 0 aliphatic carbocycles. The SMILES string of the molecule is CC(=O)O.NCC(=O)O.[Zn]. The van der Waals surface area contributed by atoms with Crippen molar-refractivity contribution < 1.29 is 39.3 Å². The van der Waals surface area contributed by atoms with Crippen LogP contribution in [0.4, 0.5) is 0 Å². The summed E-state index contributed by atoms with van der Waals surface area (Å²) in [4.78, 5) is 18.2. The van der Waals surface area contributed by atoms with E-state index in [4.69, 9.17) is 15.0 Å². The summed E-state index contributed by atoms with van der Waals surface area (Å²) >= 11 is 0. The van der Waals surface area contributed by atoms with Crippen molar-refractivity contribution in [1.82, 2.24) is 0 Å². The molecule has 0 radical (unpaired) electrons. The maximum Gasteiger partial charge on any atom is 0.317 e. The number of rotatable bonds is 1. The Morgan fingerprint density at radius 2 is 1.50 bits per heavy atom. The molecule has 0 aromatic carbocycles. The number of nitrogens with two attached hydrogens (primary N) is 1. The molecule has 0 atom stereocenters. The summed E-state index contributed by atoms with van der Waals surface area (Å²) in [6.07, 6.45) is 0. The second-order valence-corrected chi connectivity index (χ2v) is 1.12. The topological polar surface area (TPSA) is 101 Å². The maximum atomic E-state index is 9.24. The zero-order valence-corrected chi connectivity index (χ0v) is 8.67. The van der Waals surface area contributed by atoms with Gasteiger partial charge in [-0.1, -0.05) is 0 Å². The Labute approximate surface area is 71.0 Å². The molecule has 0 aliphatic rings. The minimum absolute atomic E-state index is 0. The first-order chi connectivity index (χ1) is 4.00. The maximum absolute atomic E-state index is 9.24. The van der Waals surface area contributed by atoms with E-state index in [-0.39, 0.29) is 26.0 Å². The summed E-state index contributed by atoms with van der Waals surface area (Å²) in [6, 6.07) is 0. The molecule has 0 amide bonds. The average molecular weight is 201 g/mol. The van der Waals surface area contributed by atoms with E-state index >= 15 is 0 Å². The van der Waals surface area contributed by atoms with Crippen molar-refractivity contribution in [1.29, 1.82) is 0 Å². The Balaban J connectivity index is -0.0000000910. The van der Waals surface area contributed by atoms with E-state index in [1.807, 2.05) is 0 Å². The van der Waals surface area contributed by atoms with Crippen LogP contribution in [-0.2, 0) is 29.1 Å². The molecule has 0 bridgehead atoms. The van der Waals surface area contributed by atoms with Crippen LogP contribution in [0.1, 0.15) is 6.92 Å². The molecular weight excluding hydrogens is 191 g/mol. The molecule has 6 heteroatoms. The molecule has 0 heterocycles. The summed E-state index contributed by atoms with van der Waals surface area (Å²) in [5.74, 6) is -1.80. The number of carbonyl (C=O) groups is 2. The molecule has 0 saturated heterocycles. The van der Waals surface area contributed by atoms with E-state index in [1.54, 1.807) is 0 Å². The van der Waals surface area contributed by atoms with Gasteiger partial charge in [0.15, 0.2) is 0 Å². The van der Waals surface area contributed by atoms with Gasteiger partial charge in [0.05, 0.1) is 6.54 Å². The van der Waals surface area contributed by atoms with Gasteiger partial charge in [-0.05, 0) is 0 Å². The smallest absolute Gasteiger partial charge is 0.317 e. The van der Waals surface area contributed by atoms with E-state index in [0.717, 1.165) is 6.92 Å². The van der Waals surface area contributed by atoms with Crippen molar-refractivity contribution in [2.75, 3.05) is 6.54 Å². The summed E-state index contributed by atoms with van der Waals surface area (Å²) in [6.45, 7) is 0.806. The fourth-order valence-corrected chi connectivity index (χ4v) is 0. The molecule has 0 saturated carbocycles. The molecule has 0 fully saturated rings. The first kappa shape index (κ1) is 16.3. The van der Waals surface area contributed by atoms with Gasteiger partial charge in [0.1, 0.15) is 0 Å². The zero-order valence-electron chi connectivity index (χ0n) is 5.70. The third kappa shape index (κ3) is 138. The summed E-state index contributed by atoms with van der Waals surface area (Å²) in [7, 11) is 0. The van der Waals surface area contributed by atoms with Crippen LogP contribution in [0.3, 0.4) is 0 Å². The van der Waals surface area contributed by atoms with Gasteiger partial charge in [-0.3, -0.25) is 9.59 Å². The molecule has 0 aromatic heterocycles. The van der Waals surface area contributed by atoms with Crippen molar-refractivity contribution in [2.24, 2.45) is 5.73 Å². The van der Waals surface area contributed by atoms with Gasteiger partial charge < -0.3 is 15.9 Å². The van der Waals surface area contributed by atoms with Crippen molar-refractivity contribution in [3.05, 3.63) is 0 Å². The number of hydrogen-bond acceptors (Lipinski definition) is 3. The fraction of sp³-hybridized carbons (Fsp3) is 0.500. The van der Waals surface area contributed by atoms with Crippen molar-refractivity contribution >= 4 is 11.9 Å². The van der Waals surface area contributed by atoms with Crippen molar-refractivity contribution in [3.63, 3.8) is 0 Å². The molecule has 0 unspecified atom stereocenters. The van der Waals surface area contributed by atoms with Gasteiger partial charge in [0, 0.05) is 26.4 Å². The quantitative estimate of drug-likeness (QED) is 0.477. The molecule has 0 aliphatic heterocycles. The first-order valence-electron chi connectivity index (χ1n) is 2.12. The Bertz CT molecular complexity index is 101. The van der Waals surface area contributed by atoms with Crippen molar-refractivity contribution in [2.45, 2.75) is 6.92 Å². The van der Waals surface area contributed by atoms with Crippen molar-refractivity contribution in [3.8, 4) is 0 Å². The number of aliphatic carboxylic acids is 2. The number of carboxylic acids is 2. The number of carboxylic acid groups (broad SMARTS) is 2. The fourth-order valence-electron chi connectivity index (χ4n) is 0. The summed E-state index contributed by atoms with van der Waals surface area (Å²) < 4.78 is 0. The Morgan fingerprint density at radius 3 is 1.50 bits per heavy atom. The largest absolute Gasteiger partial charge is 0.481 e. The van der Waals surface area contributed by atoms with E-state index in [9.17, 15) is 4.79 Å². The van der Waals surface area contributed by atoms with Gasteiger partial charge in [-0.15, -0.1) is 0 Å². The van der Waals surface area contributed by atoms with Crippen LogP contribution in [0.15, 0.2) is 0 Å². The minimum atomic E-state index is -0.968. The predicted molar refractivity (Wildman–Crippen MR) is 30.0 cm³/mol. The molecule has 5 nitrogen and oxygen atoms in total. The number of hydrogen-bond donors (Lipinski definition) is 3. The van der Waals surface area contributed by atoms with Crippen LogP contribution >= 0.6 is 0 Å². The zero-order chi connectivity index (χ0) is 7.86. The monoisotopic (exact) mass is 199 g/mol. The van der Waals surface area contributed by atoms with E-state index < -0.39 is 11.9 Å². The molecule has 56 valence electrons. The Morgan fingerprint density at radius 1 is 1.40 bits per heavy atom. The second kappa shape index (κ2) is 11.3. The normalized spacial score (nSPS) is 6.20. The van der Waals surface area contributed by atoms with E-state index in [1.165, 1.54) is 0 Å². The Kier molecular flexibility index (Phi) is 18.4. The molecule has 0 rings (SSSR count). The molecular formula is C4H9NO4Zn. The van der Waals surface area contributed by atoms with Gasteiger partial charge in [0.2, 0.25) is 0 Å². The molecule has 10 heavy (non-hydrogen) atoms. The van der Waals surface area contributed by atoms with Gasteiger partial charge in [-0.25, -0.2) is 0 Å². The standard InChI is InChI=1S/C2H5NO2.C2H4O2.Zn/c3-1-2(4)5;1-2(3)4;/h1,3H2,(H,4,5);1H3,(H,3,4);. The molecule has 0 spiro atoms. The van der Waals surface area contributed by atoms with E-state index in [0.29, 0.717) is 0 Å². The second-order valence-electron chi connectivity index (χ2n) is 1.12. The minimum Gasteiger partial charge on any atom is -0.481 e. The van der Waals surface area contributed by atoms with Crippen LogP contribution in [0.2, 0.25) is 0 Å². The van der Waals surface area contributed by atoms with Crippen LogP contribution in [0.25, 0.3) is 0 Å². The van der Waals surface area contributed by atoms with E-state index in [2.05, 4.69) is 5.73 Å².